The summed E-state index contributed by atoms with van der Waals surface area (Å²) in [5, 5.41) is 2.51. The van der Waals surface area contributed by atoms with E-state index in [1.54, 1.807) is 24.3 Å². The van der Waals surface area contributed by atoms with Crippen LogP contribution in [0.2, 0.25) is 0 Å². The number of amides is 3. The maximum absolute atomic E-state index is 12.9. The summed E-state index contributed by atoms with van der Waals surface area (Å²) in [5.41, 5.74) is 8.82. The van der Waals surface area contributed by atoms with Gasteiger partial charge < -0.3 is 16.0 Å². The van der Waals surface area contributed by atoms with Crippen molar-refractivity contribution in [2.75, 3.05) is 31.5 Å². The van der Waals surface area contributed by atoms with Crippen LogP contribution in [0.5, 0.6) is 0 Å². The topological polar surface area (TPSA) is 78.7 Å². The van der Waals surface area contributed by atoms with E-state index in [0.29, 0.717) is 24.3 Å². The minimum atomic E-state index is -0.624. The van der Waals surface area contributed by atoms with E-state index < -0.39 is 6.03 Å². The first-order chi connectivity index (χ1) is 15.1. The van der Waals surface area contributed by atoms with Crippen molar-refractivity contribution in [2.45, 2.75) is 6.04 Å². The normalized spacial score (nSPS) is 14.4. The van der Waals surface area contributed by atoms with Gasteiger partial charge in [-0.15, -0.1) is 0 Å². The van der Waals surface area contributed by atoms with Crippen LogP contribution in [0.3, 0.4) is 0 Å². The molecule has 0 spiro atoms. The molecule has 6 nitrogen and oxygen atoms in total. The Balaban J connectivity index is 1.45. The highest BCUT2D eigenvalue weighted by Crippen LogP contribution is 2.29. The van der Waals surface area contributed by atoms with Gasteiger partial charge in [0.2, 0.25) is 0 Å². The Morgan fingerprint density at radius 3 is 1.74 bits per heavy atom. The SMILES string of the molecule is NC(=O)Nc1ccc(C(=O)N2CCN(C(c3ccccc3)c3ccccc3)CC2)cc1. The van der Waals surface area contributed by atoms with Gasteiger partial charge in [-0.25, -0.2) is 4.79 Å². The summed E-state index contributed by atoms with van der Waals surface area (Å²) in [7, 11) is 0. The lowest BCUT2D eigenvalue weighted by atomic mass is 9.96. The standard InChI is InChI=1S/C25H26N4O2/c26-25(31)27-22-13-11-21(12-14-22)24(30)29-17-15-28(16-18-29)23(19-7-3-1-4-8-19)20-9-5-2-6-10-20/h1-14,23H,15-18H2,(H3,26,27,31). The fraction of sp³-hybridized carbons (Fsp3) is 0.200. The molecule has 3 amide bonds. The molecule has 0 unspecified atom stereocenters. The second kappa shape index (κ2) is 9.45. The summed E-state index contributed by atoms with van der Waals surface area (Å²) in [6.07, 6.45) is 0. The zero-order valence-corrected chi connectivity index (χ0v) is 17.3. The van der Waals surface area contributed by atoms with Crippen LogP contribution in [0.25, 0.3) is 0 Å². The first-order valence-electron chi connectivity index (χ1n) is 10.4. The minimum Gasteiger partial charge on any atom is -0.351 e. The maximum atomic E-state index is 12.9. The number of benzene rings is 3. The molecule has 0 saturated carbocycles. The first-order valence-corrected chi connectivity index (χ1v) is 10.4. The third kappa shape index (κ3) is 4.92. The Morgan fingerprint density at radius 1 is 0.742 bits per heavy atom. The van der Waals surface area contributed by atoms with Crippen LogP contribution in [0.4, 0.5) is 10.5 Å². The van der Waals surface area contributed by atoms with E-state index in [4.69, 9.17) is 5.73 Å². The average molecular weight is 415 g/mol. The lowest BCUT2D eigenvalue weighted by Gasteiger charge is -2.39. The molecule has 3 aromatic carbocycles. The number of urea groups is 1. The van der Waals surface area contributed by atoms with Crippen molar-refractivity contribution in [2.24, 2.45) is 5.73 Å². The Kier molecular flexibility index (Phi) is 6.29. The molecule has 0 aromatic heterocycles. The number of carbonyl (C=O) groups excluding carboxylic acids is 2. The molecule has 1 saturated heterocycles. The number of hydrogen-bond acceptors (Lipinski definition) is 3. The number of hydrogen-bond donors (Lipinski definition) is 2. The third-order valence-electron chi connectivity index (χ3n) is 5.60. The summed E-state index contributed by atoms with van der Waals surface area (Å²) < 4.78 is 0. The number of piperazine rings is 1. The van der Waals surface area contributed by atoms with Gasteiger partial charge in [0.1, 0.15) is 0 Å². The van der Waals surface area contributed by atoms with Crippen LogP contribution >= 0.6 is 0 Å². The molecule has 0 atom stereocenters. The highest BCUT2D eigenvalue weighted by atomic mass is 16.2. The van der Waals surface area contributed by atoms with Crippen LogP contribution in [0.15, 0.2) is 84.9 Å². The van der Waals surface area contributed by atoms with Crippen LogP contribution in [0, 0.1) is 0 Å². The molecule has 3 aromatic rings. The van der Waals surface area contributed by atoms with Crippen molar-refractivity contribution in [1.29, 1.82) is 0 Å². The van der Waals surface area contributed by atoms with Crippen LogP contribution in [-0.2, 0) is 0 Å². The van der Waals surface area contributed by atoms with Crippen LogP contribution in [-0.4, -0.2) is 47.9 Å². The number of carbonyl (C=O) groups is 2. The minimum absolute atomic E-state index is 0.00115. The zero-order valence-electron chi connectivity index (χ0n) is 17.3. The third-order valence-corrected chi connectivity index (χ3v) is 5.60. The first kappa shape index (κ1) is 20.6. The van der Waals surface area contributed by atoms with Crippen LogP contribution in [0.1, 0.15) is 27.5 Å². The van der Waals surface area contributed by atoms with Crippen molar-refractivity contribution >= 4 is 17.6 Å². The predicted octanol–water partition coefficient (Wildman–Crippen LogP) is 3.72. The van der Waals surface area contributed by atoms with Gasteiger partial charge >= 0.3 is 6.03 Å². The number of nitrogens with two attached hydrogens (primary N) is 1. The molecule has 1 heterocycles. The molecule has 1 aliphatic heterocycles. The largest absolute Gasteiger partial charge is 0.351 e. The summed E-state index contributed by atoms with van der Waals surface area (Å²) in [6.45, 7) is 2.91. The summed E-state index contributed by atoms with van der Waals surface area (Å²) in [6, 6.07) is 27.4. The quantitative estimate of drug-likeness (QED) is 0.668. The zero-order chi connectivity index (χ0) is 21.6. The van der Waals surface area contributed by atoms with Gasteiger partial charge in [-0.1, -0.05) is 60.7 Å². The Labute approximate surface area is 182 Å². The lowest BCUT2D eigenvalue weighted by Crippen LogP contribution is -2.49. The predicted molar refractivity (Wildman–Crippen MR) is 122 cm³/mol. The van der Waals surface area contributed by atoms with E-state index in [2.05, 4.69) is 58.7 Å². The molecule has 1 fully saturated rings. The van der Waals surface area contributed by atoms with Gasteiger partial charge in [-0.05, 0) is 35.4 Å². The molecule has 6 heteroatoms. The van der Waals surface area contributed by atoms with E-state index in [-0.39, 0.29) is 11.9 Å². The second-order valence-corrected chi connectivity index (χ2v) is 7.62. The number of anilines is 1. The Bertz CT molecular complexity index is 975. The summed E-state index contributed by atoms with van der Waals surface area (Å²) >= 11 is 0. The van der Waals surface area contributed by atoms with Gasteiger partial charge in [0.05, 0.1) is 6.04 Å². The number of rotatable bonds is 5. The molecule has 0 radical (unpaired) electrons. The molecule has 31 heavy (non-hydrogen) atoms. The van der Waals surface area contributed by atoms with Crippen molar-refractivity contribution < 1.29 is 9.59 Å². The average Bonchev–Trinajstić information content (AvgIpc) is 2.81. The van der Waals surface area contributed by atoms with E-state index in [1.807, 2.05) is 17.0 Å². The molecule has 158 valence electrons. The smallest absolute Gasteiger partial charge is 0.316 e. The van der Waals surface area contributed by atoms with Gasteiger partial charge in [-0.3, -0.25) is 9.69 Å². The van der Waals surface area contributed by atoms with Gasteiger partial charge in [-0.2, -0.15) is 0 Å². The fourth-order valence-electron chi connectivity index (χ4n) is 4.09. The summed E-state index contributed by atoms with van der Waals surface area (Å²) in [4.78, 5) is 28.2. The highest BCUT2D eigenvalue weighted by molar-refractivity contribution is 5.95. The number of nitrogens with one attached hydrogen (secondary N) is 1. The Hall–Kier alpha value is -3.64. The molecule has 0 aliphatic carbocycles. The molecule has 3 N–H and O–H groups in total. The number of nitrogens with zero attached hydrogens (tertiary/aromatic N) is 2. The number of primary amides is 1. The maximum Gasteiger partial charge on any atom is 0.316 e. The molecule has 1 aliphatic rings. The van der Waals surface area contributed by atoms with Crippen LogP contribution < -0.4 is 11.1 Å². The second-order valence-electron chi connectivity index (χ2n) is 7.62. The van der Waals surface area contributed by atoms with E-state index in [1.165, 1.54) is 11.1 Å². The van der Waals surface area contributed by atoms with Crippen molar-refractivity contribution in [3.63, 3.8) is 0 Å². The fourth-order valence-corrected chi connectivity index (χ4v) is 4.09. The molecular weight excluding hydrogens is 388 g/mol. The van der Waals surface area contributed by atoms with Gasteiger partial charge in [0, 0.05) is 37.4 Å². The van der Waals surface area contributed by atoms with Crippen molar-refractivity contribution in [1.82, 2.24) is 9.80 Å². The van der Waals surface area contributed by atoms with Crippen molar-refractivity contribution in [3.8, 4) is 0 Å². The van der Waals surface area contributed by atoms with Gasteiger partial charge in [0.15, 0.2) is 0 Å². The van der Waals surface area contributed by atoms with Gasteiger partial charge in [0.25, 0.3) is 5.91 Å². The molecular formula is C25H26N4O2. The Morgan fingerprint density at radius 2 is 1.26 bits per heavy atom. The van der Waals surface area contributed by atoms with E-state index in [9.17, 15) is 9.59 Å². The lowest BCUT2D eigenvalue weighted by molar-refractivity contribution is 0.0597. The monoisotopic (exact) mass is 414 g/mol. The highest BCUT2D eigenvalue weighted by Gasteiger charge is 2.28. The molecule has 4 rings (SSSR count). The van der Waals surface area contributed by atoms with E-state index >= 15 is 0 Å². The van der Waals surface area contributed by atoms with E-state index in [0.717, 1.165) is 13.1 Å². The summed E-state index contributed by atoms with van der Waals surface area (Å²) in [5.74, 6) is 0.00115. The van der Waals surface area contributed by atoms with Crippen molar-refractivity contribution in [3.05, 3.63) is 102 Å². The molecule has 0 bridgehead atoms.